The summed E-state index contributed by atoms with van der Waals surface area (Å²) in [6.45, 7) is 0.189. The van der Waals surface area contributed by atoms with E-state index in [1.165, 1.54) is 18.3 Å². The van der Waals surface area contributed by atoms with Gasteiger partial charge in [-0.25, -0.2) is 4.79 Å². The lowest BCUT2D eigenvalue weighted by molar-refractivity contribution is -0.274. The summed E-state index contributed by atoms with van der Waals surface area (Å²) in [4.78, 5) is 18.1. The van der Waals surface area contributed by atoms with Crippen LogP contribution in [0.25, 0.3) is 22.2 Å². The molecule has 2 atom stereocenters. The number of anilines is 1. The average Bonchev–Trinajstić information content (AvgIpc) is 3.66. The number of alkyl halides is 3. The van der Waals surface area contributed by atoms with E-state index in [9.17, 15) is 23.1 Å². The third-order valence-electron chi connectivity index (χ3n) is 8.50. The summed E-state index contributed by atoms with van der Waals surface area (Å²) in [5.74, 6) is -0.459. The Morgan fingerprint density at radius 1 is 1.05 bits per heavy atom. The van der Waals surface area contributed by atoms with E-state index in [1.807, 2.05) is 18.2 Å². The summed E-state index contributed by atoms with van der Waals surface area (Å²) >= 11 is 0. The maximum atomic E-state index is 13.1. The van der Waals surface area contributed by atoms with Crippen LogP contribution in [0, 0.1) is 0 Å². The highest BCUT2D eigenvalue weighted by molar-refractivity contribution is 5.93. The molecule has 1 aliphatic carbocycles. The van der Waals surface area contributed by atoms with E-state index in [1.54, 1.807) is 18.2 Å². The van der Waals surface area contributed by atoms with Crippen molar-refractivity contribution in [1.82, 2.24) is 10.1 Å². The van der Waals surface area contributed by atoms with E-state index in [4.69, 9.17) is 9.26 Å². The standard InChI is InChI=1S/C31H28F3N3O5/c32-31(33,34)41-27-4-2-1-3-24(27)28-25(29(42-36-28)17-5-6-17)16-40-23-13-21-7-8-22(14-23)37(21)20-9-10-26-18(12-20)11-19(15-35-26)30(38)39/h1-4,9-12,15,17,21-23H,5-8,13-14,16H2,(H,38,39). The van der Waals surface area contributed by atoms with Crippen LogP contribution >= 0.6 is 0 Å². The molecule has 0 radical (unpaired) electrons. The van der Waals surface area contributed by atoms with Crippen LogP contribution in [0.2, 0.25) is 0 Å². The zero-order valence-electron chi connectivity index (χ0n) is 22.5. The summed E-state index contributed by atoms with van der Waals surface area (Å²) in [6.07, 6.45) is 2.03. The van der Waals surface area contributed by atoms with Crippen molar-refractivity contribution in [2.75, 3.05) is 4.90 Å². The first kappa shape index (κ1) is 26.8. The Kier molecular flexibility index (Phi) is 6.56. The minimum absolute atomic E-state index is 0.0315. The number of hydrogen-bond donors (Lipinski definition) is 1. The maximum absolute atomic E-state index is 13.1. The molecule has 2 aromatic carbocycles. The molecule has 0 spiro atoms. The topological polar surface area (TPSA) is 97.9 Å². The average molecular weight is 580 g/mol. The Bertz CT molecular complexity index is 1640. The molecule has 2 bridgehead atoms. The van der Waals surface area contributed by atoms with Crippen molar-refractivity contribution in [2.45, 2.75) is 75.6 Å². The van der Waals surface area contributed by atoms with Crippen LogP contribution in [-0.4, -0.2) is 45.8 Å². The molecular weight excluding hydrogens is 551 g/mol. The second-order valence-corrected chi connectivity index (χ2v) is 11.3. The number of ether oxygens (including phenoxy) is 2. The molecule has 11 heteroatoms. The van der Waals surface area contributed by atoms with Crippen LogP contribution < -0.4 is 9.64 Å². The van der Waals surface area contributed by atoms with Crippen LogP contribution in [0.1, 0.15) is 66.1 Å². The van der Waals surface area contributed by atoms with Crippen molar-refractivity contribution in [3.05, 3.63) is 71.6 Å². The van der Waals surface area contributed by atoms with Crippen molar-refractivity contribution in [3.63, 3.8) is 0 Å². The van der Waals surface area contributed by atoms with E-state index in [2.05, 4.69) is 19.8 Å². The number of para-hydroxylation sites is 1. The number of carboxylic acid groups (broad SMARTS) is 1. The van der Waals surface area contributed by atoms with Gasteiger partial charge in [-0.05, 0) is 74.9 Å². The number of nitrogens with zero attached hydrogens (tertiary/aromatic N) is 3. The van der Waals surface area contributed by atoms with Gasteiger partial charge in [-0.1, -0.05) is 17.3 Å². The SMILES string of the molecule is O=C(O)c1cnc2ccc(N3C4CCC3CC(OCc3c(-c5ccccc5OC(F)(F)F)noc3C3CC3)C4)cc2c1. The van der Waals surface area contributed by atoms with Gasteiger partial charge in [0.25, 0.3) is 0 Å². The predicted molar refractivity (Wildman–Crippen MR) is 146 cm³/mol. The molecule has 4 heterocycles. The molecule has 218 valence electrons. The first-order valence-electron chi connectivity index (χ1n) is 14.1. The number of hydrogen-bond acceptors (Lipinski definition) is 7. The summed E-state index contributed by atoms with van der Waals surface area (Å²) in [5, 5.41) is 14.3. The van der Waals surface area contributed by atoms with Crippen molar-refractivity contribution < 1.29 is 37.1 Å². The monoisotopic (exact) mass is 579 g/mol. The Morgan fingerprint density at radius 2 is 1.81 bits per heavy atom. The Balaban J connectivity index is 1.10. The number of carbonyl (C=O) groups is 1. The molecule has 2 aliphatic heterocycles. The van der Waals surface area contributed by atoms with E-state index >= 15 is 0 Å². The van der Waals surface area contributed by atoms with Crippen molar-refractivity contribution >= 4 is 22.6 Å². The van der Waals surface area contributed by atoms with E-state index in [0.717, 1.165) is 55.1 Å². The summed E-state index contributed by atoms with van der Waals surface area (Å²) < 4.78 is 55.8. The van der Waals surface area contributed by atoms with Gasteiger partial charge in [0.2, 0.25) is 0 Å². The molecule has 2 unspecified atom stereocenters. The van der Waals surface area contributed by atoms with Crippen LogP contribution in [0.15, 0.2) is 59.3 Å². The first-order valence-corrected chi connectivity index (χ1v) is 14.1. The van der Waals surface area contributed by atoms with Gasteiger partial charge >= 0.3 is 12.3 Å². The lowest BCUT2D eigenvalue weighted by Gasteiger charge is -2.40. The van der Waals surface area contributed by atoms with Gasteiger partial charge in [0.1, 0.15) is 17.2 Å². The van der Waals surface area contributed by atoms with Gasteiger partial charge < -0.3 is 24.0 Å². The zero-order valence-corrected chi connectivity index (χ0v) is 22.5. The third-order valence-corrected chi connectivity index (χ3v) is 8.50. The fraction of sp³-hybridized carbons (Fsp3) is 0.387. The number of aromatic carboxylic acids is 1. The number of rotatable bonds is 8. The molecule has 4 aromatic rings. The Morgan fingerprint density at radius 3 is 2.52 bits per heavy atom. The smallest absolute Gasteiger partial charge is 0.478 e. The van der Waals surface area contributed by atoms with Gasteiger partial charge in [-0.15, -0.1) is 13.2 Å². The maximum Gasteiger partial charge on any atom is 0.573 e. The molecule has 3 fully saturated rings. The largest absolute Gasteiger partial charge is 0.573 e. The number of pyridine rings is 1. The molecule has 7 rings (SSSR count). The van der Waals surface area contributed by atoms with Crippen LogP contribution in [0.3, 0.4) is 0 Å². The molecule has 1 N–H and O–H groups in total. The van der Waals surface area contributed by atoms with Crippen LogP contribution in [0.5, 0.6) is 5.75 Å². The lowest BCUT2D eigenvalue weighted by atomic mass is 9.98. The highest BCUT2D eigenvalue weighted by Gasteiger charge is 2.42. The molecule has 2 saturated heterocycles. The van der Waals surface area contributed by atoms with Gasteiger partial charge in [-0.3, -0.25) is 4.98 Å². The van der Waals surface area contributed by atoms with E-state index in [0.29, 0.717) is 17.0 Å². The number of fused-ring (bicyclic) bond motifs is 3. The van der Waals surface area contributed by atoms with Gasteiger partial charge in [-0.2, -0.15) is 0 Å². The third kappa shape index (κ3) is 5.17. The fourth-order valence-electron chi connectivity index (χ4n) is 6.50. The normalized spacial score (nSPS) is 22.1. The van der Waals surface area contributed by atoms with Crippen molar-refractivity contribution in [2.24, 2.45) is 0 Å². The van der Waals surface area contributed by atoms with Crippen LogP contribution in [0.4, 0.5) is 18.9 Å². The summed E-state index contributed by atoms with van der Waals surface area (Å²) in [6, 6.07) is 14.1. The zero-order chi connectivity index (χ0) is 29.0. The van der Waals surface area contributed by atoms with Gasteiger partial charge in [0.05, 0.1) is 23.8 Å². The molecule has 8 nitrogen and oxygen atoms in total. The number of benzene rings is 2. The summed E-state index contributed by atoms with van der Waals surface area (Å²) in [7, 11) is 0. The fourth-order valence-corrected chi connectivity index (χ4v) is 6.50. The molecule has 0 amide bonds. The van der Waals surface area contributed by atoms with Gasteiger partial charge in [0, 0.05) is 46.4 Å². The number of carboxylic acids is 1. The number of piperidine rings is 1. The van der Waals surface area contributed by atoms with Crippen LogP contribution in [-0.2, 0) is 11.3 Å². The number of halogens is 3. The molecule has 3 aliphatic rings. The highest BCUT2D eigenvalue weighted by atomic mass is 19.4. The highest BCUT2D eigenvalue weighted by Crippen LogP contribution is 2.46. The molecular formula is C31H28F3N3O5. The van der Waals surface area contributed by atoms with E-state index < -0.39 is 12.3 Å². The number of aromatic nitrogens is 2. The predicted octanol–water partition coefficient (Wildman–Crippen LogP) is 7.08. The minimum atomic E-state index is -4.83. The van der Waals surface area contributed by atoms with E-state index in [-0.39, 0.29) is 47.6 Å². The van der Waals surface area contributed by atoms with Gasteiger partial charge in [0.15, 0.2) is 0 Å². The minimum Gasteiger partial charge on any atom is -0.478 e. The van der Waals surface area contributed by atoms with Crippen molar-refractivity contribution in [3.8, 4) is 17.0 Å². The Hall–Kier alpha value is -4.12. The first-order chi connectivity index (χ1) is 20.2. The molecule has 42 heavy (non-hydrogen) atoms. The second kappa shape index (κ2) is 10.3. The van der Waals surface area contributed by atoms with Crippen molar-refractivity contribution in [1.29, 1.82) is 0 Å². The summed E-state index contributed by atoms with van der Waals surface area (Å²) in [5.41, 5.74) is 3.16. The second-order valence-electron chi connectivity index (χ2n) is 11.3. The Labute approximate surface area is 239 Å². The molecule has 1 saturated carbocycles. The molecule has 2 aromatic heterocycles. The lowest BCUT2D eigenvalue weighted by Crippen LogP contribution is -2.45. The quantitative estimate of drug-likeness (QED) is 0.237.